The molecule has 1 heterocycles. The van der Waals surface area contributed by atoms with Crippen LogP contribution in [0.2, 0.25) is 0 Å². The molecule has 110 valence electrons. The van der Waals surface area contributed by atoms with E-state index >= 15 is 0 Å². The molecule has 0 atom stereocenters. The fourth-order valence-electron chi connectivity index (χ4n) is 2.05. The van der Waals surface area contributed by atoms with Gasteiger partial charge >= 0.3 is 0 Å². The van der Waals surface area contributed by atoms with Crippen LogP contribution in [0.4, 0.5) is 0 Å². The van der Waals surface area contributed by atoms with Crippen LogP contribution in [0.5, 0.6) is 0 Å². The minimum atomic E-state index is -0.224. The zero-order valence-electron chi connectivity index (χ0n) is 11.6. The first-order valence-corrected chi connectivity index (χ1v) is 6.62. The summed E-state index contributed by atoms with van der Waals surface area (Å²) in [6.45, 7) is 3.79. The number of halogens is 1. The average molecular weight is 297 g/mol. The predicted octanol–water partition coefficient (Wildman–Crippen LogP) is 1.86. The summed E-state index contributed by atoms with van der Waals surface area (Å²) < 4.78 is 0. The van der Waals surface area contributed by atoms with Crippen LogP contribution in [0.25, 0.3) is 0 Å². The van der Waals surface area contributed by atoms with E-state index in [4.69, 9.17) is 5.73 Å². The monoisotopic (exact) mass is 296 g/mol. The minimum absolute atomic E-state index is 0. The van der Waals surface area contributed by atoms with Crippen LogP contribution in [0.15, 0.2) is 29.4 Å². The molecule has 1 amide bonds. The summed E-state index contributed by atoms with van der Waals surface area (Å²) in [7, 11) is 0. The summed E-state index contributed by atoms with van der Waals surface area (Å²) in [6, 6.07) is 7.34. The van der Waals surface area contributed by atoms with Gasteiger partial charge < -0.3 is 5.73 Å². The highest BCUT2D eigenvalue weighted by Crippen LogP contribution is 2.08. The molecule has 0 spiro atoms. The third kappa shape index (κ3) is 4.74. The van der Waals surface area contributed by atoms with Gasteiger partial charge in [-0.1, -0.05) is 17.7 Å². The summed E-state index contributed by atoms with van der Waals surface area (Å²) in [5.74, 6) is -0.0641. The quantitative estimate of drug-likeness (QED) is 0.646. The van der Waals surface area contributed by atoms with Gasteiger partial charge in [0.2, 0.25) is 5.96 Å². The first-order valence-electron chi connectivity index (χ1n) is 6.62. The Balaban J connectivity index is 0.00000200. The summed E-state index contributed by atoms with van der Waals surface area (Å²) in [4.78, 5) is 11.9. The number of carbonyl (C=O) groups excluding carboxylic acids is 1. The van der Waals surface area contributed by atoms with Crippen LogP contribution in [0.3, 0.4) is 0 Å². The molecule has 20 heavy (non-hydrogen) atoms. The number of carbonyl (C=O) groups is 1. The number of hydrogen-bond donors (Lipinski definition) is 2. The number of hydrazone groups is 1. The first kappa shape index (κ1) is 16.3. The predicted molar refractivity (Wildman–Crippen MR) is 82.9 cm³/mol. The van der Waals surface area contributed by atoms with E-state index in [0.29, 0.717) is 5.56 Å². The Kier molecular flexibility index (Phi) is 6.31. The van der Waals surface area contributed by atoms with Crippen molar-refractivity contribution in [3.63, 3.8) is 0 Å². The van der Waals surface area contributed by atoms with E-state index in [9.17, 15) is 4.79 Å². The lowest BCUT2D eigenvalue weighted by molar-refractivity contribution is 0.0975. The maximum Gasteiger partial charge on any atom is 0.257 e. The van der Waals surface area contributed by atoms with Crippen molar-refractivity contribution in [3.05, 3.63) is 35.4 Å². The summed E-state index contributed by atoms with van der Waals surface area (Å²) in [5, 5.41) is 8.74. The van der Waals surface area contributed by atoms with E-state index in [1.54, 1.807) is 12.1 Å². The van der Waals surface area contributed by atoms with Gasteiger partial charge in [0, 0.05) is 18.7 Å². The molecule has 6 heteroatoms. The van der Waals surface area contributed by atoms with E-state index in [1.165, 1.54) is 6.42 Å². The molecular weight excluding hydrogens is 276 g/mol. The Morgan fingerprint density at radius 1 is 1.20 bits per heavy atom. The van der Waals surface area contributed by atoms with Crippen LogP contribution in [0.1, 0.15) is 35.2 Å². The van der Waals surface area contributed by atoms with Crippen molar-refractivity contribution in [2.75, 3.05) is 13.1 Å². The molecule has 1 fully saturated rings. The van der Waals surface area contributed by atoms with Gasteiger partial charge in [-0.25, -0.2) is 0 Å². The number of piperidine rings is 1. The lowest BCUT2D eigenvalue weighted by Gasteiger charge is -2.23. The van der Waals surface area contributed by atoms with E-state index in [0.717, 1.165) is 31.5 Å². The third-order valence-corrected chi connectivity index (χ3v) is 3.14. The van der Waals surface area contributed by atoms with Crippen LogP contribution < -0.4 is 11.1 Å². The third-order valence-electron chi connectivity index (χ3n) is 3.14. The molecule has 1 saturated heterocycles. The van der Waals surface area contributed by atoms with Gasteiger partial charge in [-0.05, 0) is 38.3 Å². The average Bonchev–Trinajstić information content (AvgIpc) is 2.40. The largest absolute Gasteiger partial charge is 0.368 e. The number of guanidine groups is 1. The Bertz CT molecular complexity index is 467. The number of benzene rings is 1. The Morgan fingerprint density at radius 2 is 1.80 bits per heavy atom. The van der Waals surface area contributed by atoms with Crippen molar-refractivity contribution in [2.45, 2.75) is 26.2 Å². The number of hydrogen-bond acceptors (Lipinski definition) is 3. The molecule has 1 aliphatic heterocycles. The molecule has 3 N–H and O–H groups in total. The zero-order valence-corrected chi connectivity index (χ0v) is 12.4. The number of nitrogens with one attached hydrogen (secondary N) is 1. The lowest BCUT2D eigenvalue weighted by atomic mass is 10.1. The summed E-state index contributed by atoms with van der Waals surface area (Å²) >= 11 is 0. The van der Waals surface area contributed by atoms with Crippen LogP contribution in [-0.4, -0.2) is 30.0 Å². The Hall–Kier alpha value is -1.75. The smallest absolute Gasteiger partial charge is 0.257 e. The molecule has 5 nitrogen and oxygen atoms in total. The molecular formula is C14H21ClN4O. The standard InChI is InChI=1S/C14H20N4O.ClH/c1-11-5-7-12(8-6-11)13(19)16-14(15)17-18-9-3-2-4-10-18;/h5-8H,2-4,9-10H2,1H3,(H3,15,16,17,19);1H. The molecule has 0 unspecified atom stereocenters. The molecule has 1 aliphatic rings. The first-order chi connectivity index (χ1) is 9.15. The number of nitrogens with zero attached hydrogens (tertiary/aromatic N) is 2. The maximum atomic E-state index is 11.9. The molecule has 1 aromatic carbocycles. The van der Waals surface area contributed by atoms with Gasteiger partial charge in [0.1, 0.15) is 0 Å². The van der Waals surface area contributed by atoms with Crippen molar-refractivity contribution < 1.29 is 4.79 Å². The molecule has 0 bridgehead atoms. The number of amides is 1. The van der Waals surface area contributed by atoms with E-state index in [2.05, 4.69) is 10.4 Å². The molecule has 1 aromatic rings. The highest BCUT2D eigenvalue weighted by Gasteiger charge is 2.10. The van der Waals surface area contributed by atoms with E-state index < -0.39 is 0 Å². The molecule has 0 saturated carbocycles. The van der Waals surface area contributed by atoms with Gasteiger partial charge in [-0.2, -0.15) is 0 Å². The second kappa shape index (κ2) is 7.75. The highest BCUT2D eigenvalue weighted by atomic mass is 35.5. The van der Waals surface area contributed by atoms with Crippen LogP contribution in [0, 0.1) is 6.92 Å². The second-order valence-electron chi connectivity index (χ2n) is 4.82. The molecule has 2 rings (SSSR count). The Labute approximate surface area is 125 Å². The van der Waals surface area contributed by atoms with Gasteiger partial charge in [0.25, 0.3) is 5.91 Å². The van der Waals surface area contributed by atoms with Gasteiger partial charge in [-0.3, -0.25) is 15.1 Å². The Morgan fingerprint density at radius 3 is 2.40 bits per heavy atom. The molecule has 0 aromatic heterocycles. The SMILES string of the molecule is Cc1ccc(C(=O)N/C(N)=N/N2CCCCC2)cc1.Cl. The van der Waals surface area contributed by atoms with Gasteiger partial charge in [0.05, 0.1) is 0 Å². The van der Waals surface area contributed by atoms with Gasteiger partial charge in [-0.15, -0.1) is 17.5 Å². The van der Waals surface area contributed by atoms with Crippen LogP contribution >= 0.6 is 12.4 Å². The lowest BCUT2D eigenvalue weighted by Crippen LogP contribution is -2.39. The van der Waals surface area contributed by atoms with Crippen molar-refractivity contribution in [1.29, 1.82) is 0 Å². The molecule has 0 radical (unpaired) electrons. The van der Waals surface area contributed by atoms with Crippen LogP contribution in [-0.2, 0) is 0 Å². The van der Waals surface area contributed by atoms with E-state index in [1.807, 2.05) is 24.1 Å². The van der Waals surface area contributed by atoms with Gasteiger partial charge in [0.15, 0.2) is 0 Å². The topological polar surface area (TPSA) is 70.7 Å². The fraction of sp³-hybridized carbons (Fsp3) is 0.429. The maximum absolute atomic E-state index is 11.9. The van der Waals surface area contributed by atoms with E-state index in [-0.39, 0.29) is 24.3 Å². The second-order valence-corrected chi connectivity index (χ2v) is 4.82. The highest BCUT2D eigenvalue weighted by molar-refractivity contribution is 6.05. The number of rotatable bonds is 2. The van der Waals surface area contributed by atoms with Crippen molar-refractivity contribution >= 4 is 24.3 Å². The zero-order chi connectivity index (χ0) is 13.7. The number of aryl methyl sites for hydroxylation is 1. The fourth-order valence-corrected chi connectivity index (χ4v) is 2.05. The van der Waals surface area contributed by atoms with Crippen molar-refractivity contribution in [3.8, 4) is 0 Å². The number of nitrogens with two attached hydrogens (primary N) is 1. The summed E-state index contributed by atoms with van der Waals surface area (Å²) in [6.07, 6.45) is 3.49. The molecule has 0 aliphatic carbocycles. The summed E-state index contributed by atoms with van der Waals surface area (Å²) in [5.41, 5.74) is 7.45. The van der Waals surface area contributed by atoms with Crippen molar-refractivity contribution in [2.24, 2.45) is 10.8 Å². The minimum Gasteiger partial charge on any atom is -0.368 e. The van der Waals surface area contributed by atoms with Crippen molar-refractivity contribution in [1.82, 2.24) is 10.3 Å². The normalized spacial score (nSPS) is 15.4.